The second-order valence-corrected chi connectivity index (χ2v) is 7.66. The number of allylic oxidation sites excluding steroid dienone is 1. The molecule has 1 aromatic heterocycles. The maximum absolute atomic E-state index is 13.8. The first-order chi connectivity index (χ1) is 12.6. The summed E-state index contributed by atoms with van der Waals surface area (Å²) in [6.45, 7) is 2.48. The van der Waals surface area contributed by atoms with E-state index in [0.717, 1.165) is 19.3 Å². The predicted octanol–water partition coefficient (Wildman–Crippen LogP) is 4.10. The van der Waals surface area contributed by atoms with Crippen molar-refractivity contribution in [2.45, 2.75) is 49.4 Å². The lowest BCUT2D eigenvalue weighted by Gasteiger charge is -2.14. The first kappa shape index (κ1) is 18.6. The van der Waals surface area contributed by atoms with Gasteiger partial charge in [-0.15, -0.1) is 5.10 Å². The molecule has 1 heterocycles. The molecule has 1 amide bonds. The molecule has 0 fully saturated rings. The zero-order chi connectivity index (χ0) is 18.4. The summed E-state index contributed by atoms with van der Waals surface area (Å²) in [4.78, 5) is 16.5. The number of carbonyl (C=O) groups excluding carboxylic acids is 1. The summed E-state index contributed by atoms with van der Waals surface area (Å²) in [5.74, 6) is -0.0332. The van der Waals surface area contributed by atoms with E-state index in [1.54, 1.807) is 18.2 Å². The summed E-state index contributed by atoms with van der Waals surface area (Å²) in [6, 6.07) is 6.38. The third-order valence-electron chi connectivity index (χ3n) is 4.38. The number of rotatable bonds is 7. The zero-order valence-corrected chi connectivity index (χ0v) is 15.6. The van der Waals surface area contributed by atoms with Crippen LogP contribution < -0.4 is 5.32 Å². The Bertz CT molecular complexity index is 789. The van der Waals surface area contributed by atoms with E-state index in [9.17, 15) is 9.18 Å². The van der Waals surface area contributed by atoms with Crippen LogP contribution in [0, 0.1) is 5.82 Å². The van der Waals surface area contributed by atoms with E-state index in [1.165, 1.54) is 36.2 Å². The second kappa shape index (κ2) is 8.98. The van der Waals surface area contributed by atoms with Crippen molar-refractivity contribution in [3.05, 3.63) is 41.7 Å². The largest absolute Gasteiger partial charge is 0.355 e. The first-order valence-corrected chi connectivity index (χ1v) is 9.81. The molecular formula is C19H23FN4OS. The Labute approximate surface area is 156 Å². The van der Waals surface area contributed by atoms with Gasteiger partial charge in [0.1, 0.15) is 5.82 Å². The van der Waals surface area contributed by atoms with Crippen LogP contribution in [0.1, 0.15) is 39.0 Å². The molecule has 1 aliphatic carbocycles. The molecule has 1 atom stereocenters. The van der Waals surface area contributed by atoms with Crippen LogP contribution in [-0.2, 0) is 4.79 Å². The Hall–Kier alpha value is -2.15. The number of aromatic nitrogens is 3. The maximum Gasteiger partial charge on any atom is 0.233 e. The SMILES string of the molecule is C[C@H](Sc1n[nH]c(-c2ccccc2F)n1)C(=O)NCCC1=CCCCC1. The van der Waals surface area contributed by atoms with Gasteiger partial charge in [-0.2, -0.15) is 0 Å². The molecule has 0 saturated heterocycles. The highest BCUT2D eigenvalue weighted by molar-refractivity contribution is 8.00. The van der Waals surface area contributed by atoms with Gasteiger partial charge in [0, 0.05) is 6.54 Å². The fourth-order valence-electron chi connectivity index (χ4n) is 2.91. The summed E-state index contributed by atoms with van der Waals surface area (Å²) in [5, 5.41) is 9.90. The Morgan fingerprint density at radius 2 is 2.23 bits per heavy atom. The number of carbonyl (C=O) groups is 1. The molecule has 7 heteroatoms. The van der Waals surface area contributed by atoms with E-state index in [-0.39, 0.29) is 17.0 Å². The van der Waals surface area contributed by atoms with E-state index in [4.69, 9.17) is 0 Å². The van der Waals surface area contributed by atoms with Crippen molar-refractivity contribution >= 4 is 17.7 Å². The van der Waals surface area contributed by atoms with Crippen LogP contribution >= 0.6 is 11.8 Å². The Morgan fingerprint density at radius 1 is 1.38 bits per heavy atom. The summed E-state index contributed by atoms with van der Waals surface area (Å²) in [6.07, 6.45) is 8.05. The molecule has 2 N–H and O–H groups in total. The van der Waals surface area contributed by atoms with Crippen molar-refractivity contribution in [3.63, 3.8) is 0 Å². The fraction of sp³-hybridized carbons (Fsp3) is 0.421. The molecular weight excluding hydrogens is 351 g/mol. The van der Waals surface area contributed by atoms with Gasteiger partial charge >= 0.3 is 0 Å². The van der Waals surface area contributed by atoms with Crippen molar-refractivity contribution in [3.8, 4) is 11.4 Å². The number of H-pyrrole nitrogens is 1. The standard InChI is InChI=1S/C19H23FN4OS/c1-13(18(25)21-12-11-14-7-3-2-4-8-14)26-19-22-17(23-24-19)15-9-5-6-10-16(15)20/h5-7,9-10,13H,2-4,8,11-12H2,1H3,(H,21,25)(H,22,23,24)/t13-/m0/s1. The van der Waals surface area contributed by atoms with E-state index < -0.39 is 0 Å². The van der Waals surface area contributed by atoms with Gasteiger partial charge in [0.15, 0.2) is 5.82 Å². The average molecular weight is 374 g/mol. The third kappa shape index (κ3) is 4.94. The van der Waals surface area contributed by atoms with Crippen LogP contribution in [-0.4, -0.2) is 32.9 Å². The number of amides is 1. The molecule has 0 unspecified atom stereocenters. The van der Waals surface area contributed by atoms with Crippen molar-refractivity contribution in [1.82, 2.24) is 20.5 Å². The number of hydrogen-bond donors (Lipinski definition) is 2. The number of nitrogens with zero attached hydrogens (tertiary/aromatic N) is 2. The maximum atomic E-state index is 13.8. The minimum atomic E-state index is -0.358. The van der Waals surface area contributed by atoms with E-state index in [0.29, 0.717) is 23.1 Å². The minimum absolute atomic E-state index is 0.0383. The zero-order valence-electron chi connectivity index (χ0n) is 14.8. The number of benzene rings is 1. The van der Waals surface area contributed by atoms with Crippen LogP contribution in [0.15, 0.2) is 41.1 Å². The van der Waals surface area contributed by atoms with Crippen LogP contribution in [0.3, 0.4) is 0 Å². The van der Waals surface area contributed by atoms with Gasteiger partial charge < -0.3 is 5.32 Å². The smallest absolute Gasteiger partial charge is 0.233 e. The third-order valence-corrected chi connectivity index (χ3v) is 5.34. The molecule has 0 bridgehead atoms. The van der Waals surface area contributed by atoms with Gasteiger partial charge in [0.25, 0.3) is 0 Å². The quantitative estimate of drug-likeness (QED) is 0.565. The average Bonchev–Trinajstić information content (AvgIpc) is 3.11. The fourth-order valence-corrected chi connectivity index (χ4v) is 3.66. The molecule has 0 spiro atoms. The van der Waals surface area contributed by atoms with Gasteiger partial charge in [-0.3, -0.25) is 9.89 Å². The molecule has 1 aromatic carbocycles. The van der Waals surface area contributed by atoms with Crippen LogP contribution in [0.25, 0.3) is 11.4 Å². The van der Waals surface area contributed by atoms with Crippen molar-refractivity contribution in [2.75, 3.05) is 6.54 Å². The lowest BCUT2D eigenvalue weighted by Crippen LogP contribution is -2.32. The number of aromatic amines is 1. The van der Waals surface area contributed by atoms with Crippen molar-refractivity contribution in [1.29, 1.82) is 0 Å². The molecule has 0 aliphatic heterocycles. The van der Waals surface area contributed by atoms with E-state index >= 15 is 0 Å². The van der Waals surface area contributed by atoms with E-state index in [2.05, 4.69) is 26.6 Å². The highest BCUT2D eigenvalue weighted by Gasteiger charge is 2.18. The minimum Gasteiger partial charge on any atom is -0.355 e. The Balaban J connectivity index is 1.50. The highest BCUT2D eigenvalue weighted by atomic mass is 32.2. The number of halogens is 1. The summed E-state index contributed by atoms with van der Waals surface area (Å²) >= 11 is 1.26. The molecule has 0 radical (unpaired) electrons. The van der Waals surface area contributed by atoms with Crippen molar-refractivity contribution in [2.24, 2.45) is 0 Å². The number of hydrogen-bond acceptors (Lipinski definition) is 4. The molecule has 5 nitrogen and oxygen atoms in total. The van der Waals surface area contributed by atoms with Gasteiger partial charge in [-0.1, -0.05) is 35.5 Å². The Morgan fingerprint density at radius 3 is 3.00 bits per heavy atom. The van der Waals surface area contributed by atoms with Crippen molar-refractivity contribution < 1.29 is 9.18 Å². The molecule has 138 valence electrons. The molecule has 26 heavy (non-hydrogen) atoms. The van der Waals surface area contributed by atoms with Gasteiger partial charge in [-0.05, 0) is 51.2 Å². The van der Waals surface area contributed by atoms with Gasteiger partial charge in [0.2, 0.25) is 11.1 Å². The topological polar surface area (TPSA) is 70.7 Å². The molecule has 0 saturated carbocycles. The Kier molecular flexibility index (Phi) is 6.44. The first-order valence-electron chi connectivity index (χ1n) is 8.93. The summed E-state index contributed by atoms with van der Waals surface area (Å²) in [7, 11) is 0. The lowest BCUT2D eigenvalue weighted by molar-refractivity contribution is -0.120. The van der Waals surface area contributed by atoms with Gasteiger partial charge in [0.05, 0.1) is 10.8 Å². The highest BCUT2D eigenvalue weighted by Crippen LogP contribution is 2.24. The molecule has 2 aromatic rings. The lowest BCUT2D eigenvalue weighted by atomic mass is 9.97. The number of nitrogens with one attached hydrogen (secondary N) is 2. The number of thioether (sulfide) groups is 1. The van der Waals surface area contributed by atoms with E-state index in [1.807, 2.05) is 6.92 Å². The monoisotopic (exact) mass is 374 g/mol. The van der Waals surface area contributed by atoms with Crippen LogP contribution in [0.2, 0.25) is 0 Å². The summed E-state index contributed by atoms with van der Waals surface area (Å²) in [5.41, 5.74) is 1.81. The second-order valence-electron chi connectivity index (χ2n) is 6.36. The summed E-state index contributed by atoms with van der Waals surface area (Å²) < 4.78 is 13.8. The molecule has 1 aliphatic rings. The predicted molar refractivity (Wildman–Crippen MR) is 101 cm³/mol. The van der Waals surface area contributed by atoms with Crippen LogP contribution in [0.4, 0.5) is 4.39 Å². The van der Waals surface area contributed by atoms with Crippen LogP contribution in [0.5, 0.6) is 0 Å². The van der Waals surface area contributed by atoms with Gasteiger partial charge in [-0.25, -0.2) is 9.37 Å². The molecule has 3 rings (SSSR count). The normalized spacial score (nSPS) is 15.4.